The molecule has 43 heavy (non-hydrogen) atoms. The lowest BCUT2D eigenvalue weighted by Gasteiger charge is -2.30. The fourth-order valence-corrected chi connectivity index (χ4v) is 4.16. The minimum Gasteiger partial charge on any atom is -0.514 e. The van der Waals surface area contributed by atoms with Gasteiger partial charge in [0.15, 0.2) is 11.1 Å². The summed E-state index contributed by atoms with van der Waals surface area (Å²) in [4.78, 5) is 18.3. The molecule has 5 rings (SSSR count). The first-order valence-electron chi connectivity index (χ1n) is 12.7. The molecule has 0 fully saturated rings. The van der Waals surface area contributed by atoms with Gasteiger partial charge in [-0.1, -0.05) is 23.4 Å². The van der Waals surface area contributed by atoms with E-state index in [1.807, 2.05) is 12.1 Å². The molecule has 3 aromatic heterocycles. The second kappa shape index (κ2) is 11.8. The Morgan fingerprint density at radius 1 is 0.953 bits per heavy atom. The normalized spacial score (nSPS) is 12.0. The molecule has 0 aliphatic rings. The van der Waals surface area contributed by atoms with Gasteiger partial charge >= 0.3 is 0 Å². The Morgan fingerprint density at radius 2 is 1.63 bits per heavy atom. The minimum atomic E-state index is -2.21. The van der Waals surface area contributed by atoms with Gasteiger partial charge in [0.05, 0.1) is 6.42 Å². The van der Waals surface area contributed by atoms with Gasteiger partial charge in [-0.3, -0.25) is 9.36 Å². The Hall–Kier alpha value is -4.32. The van der Waals surface area contributed by atoms with E-state index in [1.165, 1.54) is 18.2 Å². The molecule has 0 aliphatic carbocycles. The van der Waals surface area contributed by atoms with Gasteiger partial charge in [-0.15, -0.1) is 10.2 Å². The largest absolute Gasteiger partial charge is 0.514 e. The second-order valence-electron chi connectivity index (χ2n) is 9.32. The highest BCUT2D eigenvalue weighted by Gasteiger charge is 2.29. The number of rotatable bonds is 11. The molecular weight excluding hydrogens is 547 g/mol. The number of aromatic hydroxyl groups is 1. The van der Waals surface area contributed by atoms with Crippen LogP contribution in [0.1, 0.15) is 24.3 Å². The van der Waals surface area contributed by atoms with Gasteiger partial charge in [-0.25, -0.2) is 0 Å². The van der Waals surface area contributed by atoms with Crippen LogP contribution in [0.3, 0.4) is 0 Å². The van der Waals surface area contributed by atoms with E-state index >= 15 is 0 Å². The summed E-state index contributed by atoms with van der Waals surface area (Å²) in [5, 5.41) is 19.2. The molecule has 0 atom stereocenters. The summed E-state index contributed by atoms with van der Waals surface area (Å²) in [7, 11) is 34.2. The average molecular weight is 564 g/mol. The maximum atomic E-state index is 14.2. The van der Waals surface area contributed by atoms with Gasteiger partial charge in [-0.2, -0.15) is 4.98 Å². The van der Waals surface area contributed by atoms with Crippen molar-refractivity contribution >= 4 is 58.0 Å². The van der Waals surface area contributed by atoms with Crippen LogP contribution in [-0.2, 0) is 17.8 Å². The summed E-state index contributed by atoms with van der Waals surface area (Å²) in [5.74, 6) is -1.46. The lowest BCUT2D eigenvalue weighted by molar-refractivity contribution is 0.125. The Balaban J connectivity index is 1.68. The summed E-state index contributed by atoms with van der Waals surface area (Å²) in [5.41, 5.74) is -0.477. The number of fused-ring (bicyclic) bond motifs is 1. The van der Waals surface area contributed by atoms with E-state index in [1.54, 1.807) is 19.1 Å². The van der Waals surface area contributed by atoms with E-state index < -0.39 is 27.6 Å². The van der Waals surface area contributed by atoms with Gasteiger partial charge in [0, 0.05) is 12.0 Å². The van der Waals surface area contributed by atoms with Crippen molar-refractivity contribution in [1.29, 1.82) is 0 Å². The van der Waals surface area contributed by atoms with Crippen molar-refractivity contribution in [2.75, 3.05) is 6.61 Å². The van der Waals surface area contributed by atoms with E-state index in [9.17, 15) is 9.90 Å². The zero-order valence-electron chi connectivity index (χ0n) is 22.8. The lowest BCUT2D eigenvalue weighted by Crippen LogP contribution is -2.40. The molecule has 202 valence electrons. The average Bonchev–Trinajstić information content (AvgIpc) is 3.54. The number of hydrogen-bond donors (Lipinski definition) is 1. The highest BCUT2D eigenvalue weighted by atomic mass is 16.5. The monoisotopic (exact) mass is 565 g/mol. The van der Waals surface area contributed by atoms with Crippen LogP contribution in [0, 0.1) is 0 Å². The predicted molar refractivity (Wildman–Crippen MR) is 158 cm³/mol. The standard InChI is InChI=1S/C25H17B6N5O7/c1-2-39-11-17-32-21(37)19(22-34-33-18(40-22)10-13-12-6-3-4-7-14(12)43-35-13)23(38)36(17)20-15(41-24(26,27)28)8-5-9-16(20)42-25(29,30)31/h3-9,37H,2,10-11H2,1H3. The van der Waals surface area contributed by atoms with Crippen molar-refractivity contribution in [2.24, 2.45) is 0 Å². The third-order valence-corrected chi connectivity index (χ3v) is 5.78. The van der Waals surface area contributed by atoms with E-state index in [4.69, 9.17) is 70.2 Å². The number of nitrogens with zero attached hydrogens (tertiary/aromatic N) is 5. The molecule has 5 aromatic rings. The van der Waals surface area contributed by atoms with Gasteiger partial charge in [-0.05, 0) is 41.8 Å². The van der Waals surface area contributed by atoms with Crippen LogP contribution in [0.4, 0.5) is 0 Å². The van der Waals surface area contributed by atoms with Gasteiger partial charge in [0.25, 0.3) is 11.4 Å². The van der Waals surface area contributed by atoms with Crippen LogP contribution in [-0.4, -0.2) is 94.3 Å². The number of benzene rings is 2. The van der Waals surface area contributed by atoms with Crippen molar-refractivity contribution in [2.45, 2.75) is 30.5 Å². The quantitative estimate of drug-likeness (QED) is 0.220. The second-order valence-corrected chi connectivity index (χ2v) is 9.32. The molecule has 0 aliphatic heterocycles. The van der Waals surface area contributed by atoms with E-state index in [0.29, 0.717) is 11.3 Å². The molecule has 0 saturated heterocycles. The molecule has 2 aromatic carbocycles. The SMILES string of the molecule is [B]C([B])([B])Oc1cccc(OC([B])([B])[B])c1-n1c(COCC)nc(O)c(-c2nnc(Cc3noc4ccccc34)o2)c1=O. The topological polar surface area (TPSA) is 148 Å². The number of hydrogen-bond acceptors (Lipinski definition) is 11. The summed E-state index contributed by atoms with van der Waals surface area (Å²) in [6.07, 6.45) is 0.0701. The molecule has 0 unspecified atom stereocenters. The predicted octanol–water partition coefficient (Wildman–Crippen LogP) is 0.248. The van der Waals surface area contributed by atoms with E-state index in [2.05, 4.69) is 20.3 Å². The third kappa shape index (κ3) is 6.69. The van der Waals surface area contributed by atoms with Crippen molar-refractivity contribution in [3.8, 4) is 34.5 Å². The summed E-state index contributed by atoms with van der Waals surface area (Å²) >= 11 is 0. The molecule has 3 heterocycles. The Labute approximate surface area is 252 Å². The van der Waals surface area contributed by atoms with Crippen molar-refractivity contribution in [3.63, 3.8) is 0 Å². The number of aromatic nitrogens is 5. The number of ether oxygens (including phenoxy) is 3. The zero-order chi connectivity index (χ0) is 30.9. The first kappa shape index (κ1) is 30.1. The first-order valence-corrected chi connectivity index (χ1v) is 12.7. The fourth-order valence-electron chi connectivity index (χ4n) is 4.16. The number of para-hydroxylation sites is 2. The molecule has 0 spiro atoms. The maximum Gasteiger partial charge on any atom is 0.275 e. The van der Waals surface area contributed by atoms with E-state index in [0.717, 1.165) is 9.95 Å². The van der Waals surface area contributed by atoms with Crippen molar-refractivity contribution < 1.29 is 28.3 Å². The van der Waals surface area contributed by atoms with Crippen LogP contribution in [0.25, 0.3) is 28.1 Å². The summed E-state index contributed by atoms with van der Waals surface area (Å²) in [6.45, 7) is 1.69. The maximum absolute atomic E-state index is 14.2. The lowest BCUT2D eigenvalue weighted by atomic mass is 9.52. The molecule has 0 bridgehead atoms. The van der Waals surface area contributed by atoms with Gasteiger partial charge in [0.2, 0.25) is 11.8 Å². The molecule has 18 heteroatoms. The highest BCUT2D eigenvalue weighted by Crippen LogP contribution is 2.36. The Kier molecular flexibility index (Phi) is 8.24. The van der Waals surface area contributed by atoms with Crippen molar-refractivity contribution in [3.05, 3.63) is 70.2 Å². The fraction of sp³-hybridized carbons (Fsp3) is 0.240. The van der Waals surface area contributed by atoms with Crippen LogP contribution in [0.5, 0.6) is 17.4 Å². The van der Waals surface area contributed by atoms with Crippen LogP contribution in [0.15, 0.2) is 56.2 Å². The first-order chi connectivity index (χ1) is 20.3. The summed E-state index contributed by atoms with van der Waals surface area (Å²) < 4.78 is 28.5. The summed E-state index contributed by atoms with van der Waals surface area (Å²) in [6, 6.07) is 11.4. The smallest absolute Gasteiger partial charge is 0.275 e. The molecule has 1 N–H and O–H groups in total. The minimum absolute atomic E-state index is 0.0701. The van der Waals surface area contributed by atoms with Gasteiger partial charge in [0.1, 0.15) is 82.4 Å². The Morgan fingerprint density at radius 3 is 2.28 bits per heavy atom. The molecule has 12 radical (unpaired) electrons. The zero-order valence-corrected chi connectivity index (χ0v) is 22.8. The molecule has 12 nitrogen and oxygen atoms in total. The van der Waals surface area contributed by atoms with Crippen molar-refractivity contribution in [1.82, 2.24) is 24.9 Å². The van der Waals surface area contributed by atoms with Crippen LogP contribution in [0.2, 0.25) is 0 Å². The highest BCUT2D eigenvalue weighted by molar-refractivity contribution is 6.58. The van der Waals surface area contributed by atoms with Crippen LogP contribution >= 0.6 is 0 Å². The molecular formula is C25H17B6N5O7. The Bertz CT molecular complexity index is 1800. The molecule has 0 saturated carbocycles. The van der Waals surface area contributed by atoms with E-state index in [-0.39, 0.29) is 54.4 Å². The molecule has 0 amide bonds. The third-order valence-electron chi connectivity index (χ3n) is 5.78. The van der Waals surface area contributed by atoms with Gasteiger partial charge < -0.3 is 28.3 Å². The van der Waals surface area contributed by atoms with Crippen LogP contribution < -0.4 is 15.0 Å².